The first-order chi connectivity index (χ1) is 10.9. The highest BCUT2D eigenvalue weighted by molar-refractivity contribution is 6.18. The van der Waals surface area contributed by atoms with Gasteiger partial charge in [0.05, 0.1) is 11.0 Å². The van der Waals surface area contributed by atoms with E-state index in [9.17, 15) is 0 Å². The highest BCUT2D eigenvalue weighted by Gasteiger charge is 2.22. The van der Waals surface area contributed by atoms with Crippen molar-refractivity contribution in [1.82, 2.24) is 9.88 Å². The average Bonchev–Trinajstić information content (AvgIpc) is 2.94. The number of nitrogens with one attached hydrogen (secondary N) is 1. The number of alkyl halides is 1. The van der Waals surface area contributed by atoms with Crippen LogP contribution in [0.3, 0.4) is 0 Å². The average molecular weight is 347 g/mol. The minimum Gasteiger partial charge on any atom is -0.368 e. The monoisotopic (exact) mass is 346 g/mol. The first-order valence-electron chi connectivity index (χ1n) is 7.86. The number of rotatable bonds is 3. The number of aromatic nitrogens is 1. The summed E-state index contributed by atoms with van der Waals surface area (Å²) in [5, 5.41) is 2.55. The van der Waals surface area contributed by atoms with Gasteiger partial charge in [-0.1, -0.05) is 48.6 Å². The molecule has 0 saturated carbocycles. The molecule has 120 valence electrons. The van der Waals surface area contributed by atoms with Gasteiger partial charge in [-0.2, -0.15) is 0 Å². The molecule has 0 bridgehead atoms. The molecule has 2 aliphatic rings. The predicted molar refractivity (Wildman–Crippen MR) is 100 cm³/mol. The lowest BCUT2D eigenvalue weighted by molar-refractivity contribution is 0.411. The van der Waals surface area contributed by atoms with Crippen molar-refractivity contribution in [2.24, 2.45) is 0 Å². The molecule has 0 radical (unpaired) electrons. The number of hydrogen-bond acceptors (Lipinski definition) is 1. The van der Waals surface area contributed by atoms with Crippen LogP contribution >= 0.6 is 24.0 Å². The van der Waals surface area contributed by atoms with Gasteiger partial charge in [0.1, 0.15) is 0 Å². The second-order valence-corrected chi connectivity index (χ2v) is 6.17. The molecule has 2 nitrogen and oxygen atoms in total. The van der Waals surface area contributed by atoms with Gasteiger partial charge in [-0.3, -0.25) is 0 Å². The molecule has 0 saturated heterocycles. The zero-order valence-corrected chi connectivity index (χ0v) is 14.5. The van der Waals surface area contributed by atoms with Gasteiger partial charge < -0.3 is 9.88 Å². The van der Waals surface area contributed by atoms with Crippen LogP contribution in [0.15, 0.2) is 36.4 Å². The Bertz CT molecular complexity index is 834. The standard InChI is InChI=1S/C19H19ClN2.ClH/c20-11-13-22-12-10-16-15-8-4-5-9-17(15)21-18(16)19(22)14-6-2-1-3-7-14;/h1-4,6-9,21H,5,10-13H2;1H. The molecule has 4 rings (SSSR count). The fraction of sp³-hybridized carbons (Fsp3) is 0.263. The second kappa shape index (κ2) is 6.86. The highest BCUT2D eigenvalue weighted by atomic mass is 35.5. The molecular formula is C19H20Cl2N2. The number of hydrogen-bond donors (Lipinski definition) is 1. The molecule has 0 unspecified atom stereocenters. The number of halogens is 2. The summed E-state index contributed by atoms with van der Waals surface area (Å²) in [7, 11) is 0. The summed E-state index contributed by atoms with van der Waals surface area (Å²) in [6.07, 6.45) is 8.88. The summed E-state index contributed by atoms with van der Waals surface area (Å²) in [6.45, 7) is 1.91. The van der Waals surface area contributed by atoms with E-state index in [1.807, 2.05) is 0 Å². The Balaban J connectivity index is 0.00000156. The number of allylic oxidation sites excluding steroid dienone is 1. The Labute approximate surface area is 147 Å². The molecule has 0 atom stereocenters. The first kappa shape index (κ1) is 16.2. The lowest BCUT2D eigenvalue weighted by Crippen LogP contribution is -2.37. The molecule has 0 fully saturated rings. The van der Waals surface area contributed by atoms with Crippen LogP contribution in [0.1, 0.15) is 23.1 Å². The van der Waals surface area contributed by atoms with Gasteiger partial charge >= 0.3 is 0 Å². The van der Waals surface area contributed by atoms with Gasteiger partial charge in [-0.05, 0) is 24.0 Å². The van der Waals surface area contributed by atoms with Crippen molar-refractivity contribution < 1.29 is 0 Å². The quantitative estimate of drug-likeness (QED) is 0.846. The maximum Gasteiger partial charge on any atom is 0.0682 e. The van der Waals surface area contributed by atoms with Crippen LogP contribution in [0.4, 0.5) is 0 Å². The molecule has 1 aromatic carbocycles. The largest absolute Gasteiger partial charge is 0.368 e. The summed E-state index contributed by atoms with van der Waals surface area (Å²) < 4.78 is 0. The second-order valence-electron chi connectivity index (χ2n) is 5.79. The SMILES string of the molecule is Cl.ClCCN1CCc2c3c([nH]c2=C1c1ccccc1)=CCC=C3. The molecule has 1 N–H and O–H groups in total. The summed E-state index contributed by atoms with van der Waals surface area (Å²) in [4.78, 5) is 6.08. The minimum absolute atomic E-state index is 0. The molecule has 4 heteroatoms. The molecule has 1 aromatic heterocycles. The Morgan fingerprint density at radius 2 is 2.00 bits per heavy atom. The van der Waals surface area contributed by atoms with E-state index >= 15 is 0 Å². The molecule has 0 amide bonds. The minimum atomic E-state index is 0. The van der Waals surface area contributed by atoms with Crippen molar-refractivity contribution in [3.8, 4) is 0 Å². The van der Waals surface area contributed by atoms with Crippen molar-refractivity contribution in [3.63, 3.8) is 0 Å². The predicted octanol–water partition coefficient (Wildman–Crippen LogP) is 2.89. The van der Waals surface area contributed by atoms with Crippen molar-refractivity contribution in [1.29, 1.82) is 0 Å². The normalized spacial score (nSPS) is 15.5. The maximum atomic E-state index is 6.03. The summed E-state index contributed by atoms with van der Waals surface area (Å²) in [5.74, 6) is 0.651. The Morgan fingerprint density at radius 1 is 1.17 bits per heavy atom. The van der Waals surface area contributed by atoms with Crippen LogP contribution in [0.5, 0.6) is 0 Å². The topological polar surface area (TPSA) is 19.0 Å². The lowest BCUT2D eigenvalue weighted by Gasteiger charge is -2.30. The van der Waals surface area contributed by atoms with E-state index in [1.165, 1.54) is 33.1 Å². The number of benzene rings is 1. The zero-order valence-electron chi connectivity index (χ0n) is 12.9. The van der Waals surface area contributed by atoms with Gasteiger partial charge in [0.2, 0.25) is 0 Å². The van der Waals surface area contributed by atoms with E-state index in [1.54, 1.807) is 0 Å². The number of H-pyrrole nitrogens is 1. The third-order valence-corrected chi connectivity index (χ3v) is 4.67. The van der Waals surface area contributed by atoms with Crippen LogP contribution in [-0.4, -0.2) is 28.9 Å². The molecule has 23 heavy (non-hydrogen) atoms. The third kappa shape index (κ3) is 2.82. The van der Waals surface area contributed by atoms with Crippen molar-refractivity contribution in [2.45, 2.75) is 12.8 Å². The van der Waals surface area contributed by atoms with E-state index in [0.717, 1.165) is 25.9 Å². The molecular weight excluding hydrogens is 327 g/mol. The fourth-order valence-corrected chi connectivity index (χ4v) is 3.73. The van der Waals surface area contributed by atoms with Crippen molar-refractivity contribution >= 4 is 41.9 Å². The van der Waals surface area contributed by atoms with E-state index in [4.69, 9.17) is 11.6 Å². The fourth-order valence-electron chi connectivity index (χ4n) is 3.52. The van der Waals surface area contributed by atoms with E-state index in [0.29, 0.717) is 5.88 Å². The first-order valence-corrected chi connectivity index (χ1v) is 8.40. The lowest BCUT2D eigenvalue weighted by atomic mass is 9.99. The van der Waals surface area contributed by atoms with Gasteiger partial charge in [0.15, 0.2) is 0 Å². The summed E-state index contributed by atoms with van der Waals surface area (Å²) in [6, 6.07) is 10.6. The summed E-state index contributed by atoms with van der Waals surface area (Å²) in [5.41, 5.74) is 5.38. The van der Waals surface area contributed by atoms with Crippen LogP contribution in [0.2, 0.25) is 0 Å². The smallest absolute Gasteiger partial charge is 0.0682 e. The number of fused-ring (bicyclic) bond motifs is 3. The van der Waals surface area contributed by atoms with Gasteiger partial charge in [-0.15, -0.1) is 24.0 Å². The van der Waals surface area contributed by atoms with Crippen LogP contribution in [0, 0.1) is 0 Å². The van der Waals surface area contributed by atoms with Gasteiger partial charge in [0.25, 0.3) is 0 Å². The highest BCUT2D eigenvalue weighted by Crippen LogP contribution is 2.22. The Kier molecular flexibility index (Phi) is 4.84. The van der Waals surface area contributed by atoms with E-state index in [-0.39, 0.29) is 12.4 Å². The Hall–Kier alpha value is -1.64. The number of aromatic amines is 1. The maximum absolute atomic E-state index is 6.03. The molecule has 2 heterocycles. The molecule has 1 aliphatic heterocycles. The van der Waals surface area contributed by atoms with Crippen molar-refractivity contribution in [3.05, 3.63) is 63.8 Å². The molecule has 0 spiro atoms. The van der Waals surface area contributed by atoms with Gasteiger partial charge in [0, 0.05) is 29.9 Å². The molecule has 1 aliphatic carbocycles. The van der Waals surface area contributed by atoms with E-state index < -0.39 is 0 Å². The Morgan fingerprint density at radius 3 is 2.78 bits per heavy atom. The van der Waals surface area contributed by atoms with Crippen LogP contribution in [0.25, 0.3) is 17.8 Å². The van der Waals surface area contributed by atoms with E-state index in [2.05, 4.69) is 58.4 Å². The zero-order chi connectivity index (χ0) is 14.9. The third-order valence-electron chi connectivity index (χ3n) is 4.51. The molecule has 2 aromatic rings. The van der Waals surface area contributed by atoms with Crippen LogP contribution < -0.4 is 10.7 Å². The summed E-state index contributed by atoms with van der Waals surface area (Å²) >= 11 is 6.03. The van der Waals surface area contributed by atoms with Gasteiger partial charge in [-0.25, -0.2) is 0 Å². The number of nitrogens with zero attached hydrogens (tertiary/aromatic N) is 1. The van der Waals surface area contributed by atoms with Crippen molar-refractivity contribution in [2.75, 3.05) is 19.0 Å². The van der Waals surface area contributed by atoms with Crippen LogP contribution in [-0.2, 0) is 6.42 Å².